The molecule has 0 saturated carbocycles. The van der Waals surface area contributed by atoms with Gasteiger partial charge in [0, 0.05) is 17.8 Å². The van der Waals surface area contributed by atoms with Gasteiger partial charge in [0.15, 0.2) is 0 Å². The molecule has 1 aromatic carbocycles. The van der Waals surface area contributed by atoms with Crippen LogP contribution < -0.4 is 9.47 Å². The summed E-state index contributed by atoms with van der Waals surface area (Å²) < 4.78 is 58.4. The van der Waals surface area contributed by atoms with Gasteiger partial charge in [-0.05, 0) is 25.1 Å². The summed E-state index contributed by atoms with van der Waals surface area (Å²) in [5.74, 6) is 0.357. The zero-order chi connectivity index (χ0) is 18.8. The average molecular weight is 387 g/mol. The Balaban J connectivity index is 1.93. The number of hydrogen-bond donors (Lipinski definition) is 2. The van der Waals surface area contributed by atoms with Crippen molar-refractivity contribution in [2.24, 2.45) is 0 Å². The number of pyridine rings is 1. The van der Waals surface area contributed by atoms with Crippen LogP contribution in [0.2, 0.25) is 0 Å². The second-order valence-electron chi connectivity index (χ2n) is 5.28. The van der Waals surface area contributed by atoms with Crippen LogP contribution in [-0.2, 0) is 0 Å². The van der Waals surface area contributed by atoms with Gasteiger partial charge in [-0.15, -0.1) is 0 Å². The second kappa shape index (κ2) is 7.40. The number of halogens is 4. The topological polar surface area (TPSA) is 60.0 Å². The lowest BCUT2D eigenvalue weighted by atomic mass is 10.1. The number of aromatic amines is 1. The number of hydrogen-bond acceptors (Lipinski definition) is 5. The van der Waals surface area contributed by atoms with Gasteiger partial charge in [0.1, 0.15) is 22.6 Å². The molecule has 10 heteroatoms. The van der Waals surface area contributed by atoms with E-state index in [9.17, 15) is 17.6 Å². The molecule has 0 aliphatic heterocycles. The van der Waals surface area contributed by atoms with Crippen molar-refractivity contribution in [1.29, 1.82) is 0 Å². The minimum atomic E-state index is -2.96. The van der Waals surface area contributed by atoms with Crippen LogP contribution in [0.15, 0.2) is 30.5 Å². The summed E-state index contributed by atoms with van der Waals surface area (Å²) in [5.41, 5.74) is 1.76. The van der Waals surface area contributed by atoms with Crippen LogP contribution >= 0.6 is 12.6 Å². The Kier molecular flexibility index (Phi) is 5.21. The van der Waals surface area contributed by atoms with E-state index < -0.39 is 18.5 Å². The third-order valence-corrected chi connectivity index (χ3v) is 4.11. The minimum absolute atomic E-state index is 0.00668. The second-order valence-corrected chi connectivity index (χ2v) is 5.80. The lowest BCUT2D eigenvalue weighted by Crippen LogP contribution is -2.07. The Morgan fingerprint density at radius 2 is 1.81 bits per heavy atom. The predicted octanol–water partition coefficient (Wildman–Crippen LogP) is 4.49. The molecule has 0 fully saturated rings. The summed E-state index contributed by atoms with van der Waals surface area (Å²) in [4.78, 5) is 11.5. The molecule has 3 aromatic rings. The van der Waals surface area contributed by atoms with Crippen molar-refractivity contribution in [2.75, 3.05) is 0 Å². The van der Waals surface area contributed by atoms with E-state index in [0.29, 0.717) is 28.1 Å². The molecule has 1 unspecified atom stereocenters. The summed E-state index contributed by atoms with van der Waals surface area (Å²) in [6.45, 7) is -4.31. The van der Waals surface area contributed by atoms with Crippen molar-refractivity contribution in [3.63, 3.8) is 0 Å². The molecular weight excluding hydrogens is 374 g/mol. The number of ether oxygens (including phenoxy) is 2. The predicted molar refractivity (Wildman–Crippen MR) is 89.2 cm³/mol. The number of nitrogens with zero attached hydrogens (tertiary/aromatic N) is 2. The Morgan fingerprint density at radius 1 is 1.08 bits per heavy atom. The highest BCUT2D eigenvalue weighted by Crippen LogP contribution is 2.33. The lowest BCUT2D eigenvalue weighted by Gasteiger charge is -2.14. The van der Waals surface area contributed by atoms with Gasteiger partial charge in [-0.3, -0.25) is 4.98 Å². The summed E-state index contributed by atoms with van der Waals surface area (Å²) in [6, 6.07) is 5.60. The molecule has 138 valence electrons. The molecule has 0 bridgehead atoms. The number of nitrogens with one attached hydrogen (secondary N) is 1. The number of fused-ring (bicyclic) bond motifs is 1. The maximum Gasteiger partial charge on any atom is 0.387 e. The lowest BCUT2D eigenvalue weighted by molar-refractivity contribution is -0.0508. The van der Waals surface area contributed by atoms with E-state index in [-0.39, 0.29) is 11.5 Å². The fraction of sp³-hybridized carbons (Fsp3) is 0.250. The van der Waals surface area contributed by atoms with Crippen molar-refractivity contribution in [1.82, 2.24) is 15.0 Å². The molecule has 0 amide bonds. The van der Waals surface area contributed by atoms with Gasteiger partial charge in [0.05, 0.1) is 16.7 Å². The van der Waals surface area contributed by atoms with E-state index in [1.165, 1.54) is 30.5 Å². The van der Waals surface area contributed by atoms with E-state index in [2.05, 4.69) is 37.1 Å². The molecule has 26 heavy (non-hydrogen) atoms. The molecule has 5 nitrogen and oxygen atoms in total. The van der Waals surface area contributed by atoms with Crippen LogP contribution in [0.25, 0.3) is 11.0 Å². The van der Waals surface area contributed by atoms with Crippen LogP contribution in [0.4, 0.5) is 17.6 Å². The Labute approximate surface area is 150 Å². The third-order valence-electron chi connectivity index (χ3n) is 3.62. The highest BCUT2D eigenvalue weighted by Gasteiger charge is 2.21. The molecule has 2 heterocycles. The molecule has 0 spiro atoms. The minimum Gasteiger partial charge on any atom is -0.435 e. The van der Waals surface area contributed by atoms with E-state index >= 15 is 0 Å². The largest absolute Gasteiger partial charge is 0.435 e. The van der Waals surface area contributed by atoms with Crippen LogP contribution in [0, 0.1) is 6.92 Å². The van der Waals surface area contributed by atoms with Crippen molar-refractivity contribution in [3.8, 4) is 11.5 Å². The molecule has 0 aliphatic rings. The maximum absolute atomic E-state index is 12.5. The SMILES string of the molecule is Cc1c(OC(F)F)ccnc1C(S)c1nc2ccc(OC(F)F)cc2[nH]1. The first-order valence-electron chi connectivity index (χ1n) is 7.38. The van der Waals surface area contributed by atoms with Crippen LogP contribution in [0.3, 0.4) is 0 Å². The zero-order valence-corrected chi connectivity index (χ0v) is 14.2. The summed E-state index contributed by atoms with van der Waals surface area (Å²) in [6.07, 6.45) is 1.33. The first-order chi connectivity index (χ1) is 12.3. The number of benzene rings is 1. The molecule has 0 aliphatic carbocycles. The monoisotopic (exact) mass is 387 g/mol. The molecule has 2 aromatic heterocycles. The molecule has 1 atom stereocenters. The number of rotatable bonds is 6. The Morgan fingerprint density at radius 3 is 2.50 bits per heavy atom. The first-order valence-corrected chi connectivity index (χ1v) is 7.89. The van der Waals surface area contributed by atoms with E-state index in [4.69, 9.17) is 0 Å². The van der Waals surface area contributed by atoms with Gasteiger partial charge in [-0.1, -0.05) is 0 Å². The quantitative estimate of drug-likeness (QED) is 0.483. The molecule has 0 saturated heterocycles. The average Bonchev–Trinajstić information content (AvgIpc) is 2.98. The summed E-state index contributed by atoms with van der Waals surface area (Å²) in [7, 11) is 0. The number of imidazole rings is 1. The molecule has 1 N–H and O–H groups in total. The number of aromatic nitrogens is 3. The Hall–Kier alpha value is -2.49. The highest BCUT2D eigenvalue weighted by molar-refractivity contribution is 7.80. The first kappa shape index (κ1) is 18.3. The third kappa shape index (κ3) is 3.85. The standard InChI is InChI=1S/C16H13F4N3O2S/c1-7-11(25-16(19)20)4-5-21-12(7)13(26)14-22-9-3-2-8(24-15(17)18)6-10(9)23-14/h2-6,13,15-16,26H,1H3,(H,22,23). The molecule has 3 rings (SSSR count). The summed E-state index contributed by atoms with van der Waals surface area (Å²) >= 11 is 4.46. The van der Waals surface area contributed by atoms with Crippen molar-refractivity contribution in [3.05, 3.63) is 47.5 Å². The normalized spacial score (nSPS) is 12.8. The maximum atomic E-state index is 12.5. The van der Waals surface area contributed by atoms with Crippen LogP contribution in [0.5, 0.6) is 11.5 Å². The zero-order valence-electron chi connectivity index (χ0n) is 13.3. The van der Waals surface area contributed by atoms with E-state index in [0.717, 1.165) is 0 Å². The van der Waals surface area contributed by atoms with Crippen LogP contribution in [-0.4, -0.2) is 28.2 Å². The number of alkyl halides is 4. The highest BCUT2D eigenvalue weighted by atomic mass is 32.1. The van der Waals surface area contributed by atoms with Gasteiger partial charge < -0.3 is 14.5 Å². The van der Waals surface area contributed by atoms with Gasteiger partial charge in [-0.2, -0.15) is 30.2 Å². The van der Waals surface area contributed by atoms with Gasteiger partial charge in [-0.25, -0.2) is 4.98 Å². The van der Waals surface area contributed by atoms with Gasteiger partial charge in [0.2, 0.25) is 0 Å². The Bertz CT molecular complexity index is 920. The van der Waals surface area contributed by atoms with Gasteiger partial charge >= 0.3 is 13.2 Å². The van der Waals surface area contributed by atoms with Crippen molar-refractivity contribution >= 4 is 23.7 Å². The smallest absolute Gasteiger partial charge is 0.387 e. The molecule has 0 radical (unpaired) electrons. The van der Waals surface area contributed by atoms with Gasteiger partial charge in [0.25, 0.3) is 0 Å². The molecular formula is C16H13F4N3O2S. The number of thiol groups is 1. The summed E-state index contributed by atoms with van der Waals surface area (Å²) in [5, 5.41) is -0.664. The fourth-order valence-electron chi connectivity index (χ4n) is 2.48. The van der Waals surface area contributed by atoms with Crippen LogP contribution in [0.1, 0.15) is 22.3 Å². The fourth-order valence-corrected chi connectivity index (χ4v) is 2.86. The van der Waals surface area contributed by atoms with Crippen molar-refractivity contribution < 1.29 is 27.0 Å². The van der Waals surface area contributed by atoms with Crippen molar-refractivity contribution in [2.45, 2.75) is 25.4 Å². The van der Waals surface area contributed by atoms with E-state index in [1.54, 1.807) is 6.92 Å². The van der Waals surface area contributed by atoms with E-state index in [1.807, 2.05) is 0 Å². The number of H-pyrrole nitrogens is 1.